The summed E-state index contributed by atoms with van der Waals surface area (Å²) in [6.45, 7) is 1.94. The van der Waals surface area contributed by atoms with Crippen LogP contribution in [0.25, 0.3) is 5.69 Å². The monoisotopic (exact) mass is 202 g/mol. The van der Waals surface area contributed by atoms with Crippen molar-refractivity contribution in [3.05, 3.63) is 42.2 Å². The minimum atomic E-state index is -1.44. The Balaban J connectivity index is 2.46. The highest BCUT2D eigenvalue weighted by Crippen LogP contribution is 2.07. The van der Waals surface area contributed by atoms with Crippen molar-refractivity contribution in [3.63, 3.8) is 0 Å². The summed E-state index contributed by atoms with van der Waals surface area (Å²) in [5.41, 5.74) is 2.28. The van der Waals surface area contributed by atoms with Gasteiger partial charge in [-0.2, -0.15) is 5.10 Å². The van der Waals surface area contributed by atoms with Gasteiger partial charge >= 0.3 is 7.12 Å². The summed E-state index contributed by atoms with van der Waals surface area (Å²) in [6, 6.07) is 8.89. The third-order valence-corrected chi connectivity index (χ3v) is 2.24. The average Bonchev–Trinajstić information content (AvgIpc) is 2.64. The highest BCUT2D eigenvalue weighted by molar-refractivity contribution is 6.58. The molecule has 4 nitrogen and oxygen atoms in total. The summed E-state index contributed by atoms with van der Waals surface area (Å²) in [6.07, 6.45) is 1.71. The lowest BCUT2D eigenvalue weighted by Crippen LogP contribution is -2.30. The molecule has 1 aromatic heterocycles. The van der Waals surface area contributed by atoms with Gasteiger partial charge in [0.15, 0.2) is 0 Å². The fourth-order valence-corrected chi connectivity index (χ4v) is 1.46. The molecule has 2 N–H and O–H groups in total. The zero-order chi connectivity index (χ0) is 10.8. The van der Waals surface area contributed by atoms with Crippen LogP contribution in [-0.4, -0.2) is 26.9 Å². The Morgan fingerprint density at radius 3 is 2.67 bits per heavy atom. The topological polar surface area (TPSA) is 58.3 Å². The molecule has 0 unspecified atom stereocenters. The first-order chi connectivity index (χ1) is 7.18. The van der Waals surface area contributed by atoms with Crippen molar-refractivity contribution in [1.82, 2.24) is 9.78 Å². The zero-order valence-electron chi connectivity index (χ0n) is 8.33. The van der Waals surface area contributed by atoms with Crippen molar-refractivity contribution in [3.8, 4) is 5.69 Å². The van der Waals surface area contributed by atoms with Gasteiger partial charge in [0.25, 0.3) is 0 Å². The van der Waals surface area contributed by atoms with Crippen molar-refractivity contribution < 1.29 is 10.0 Å². The lowest BCUT2D eigenvalue weighted by atomic mass is 9.80. The van der Waals surface area contributed by atoms with Gasteiger partial charge in [0.05, 0.1) is 5.69 Å². The molecule has 0 saturated heterocycles. The van der Waals surface area contributed by atoms with Crippen molar-refractivity contribution in [1.29, 1.82) is 0 Å². The molecular weight excluding hydrogens is 191 g/mol. The number of aromatic nitrogens is 2. The number of hydrogen-bond acceptors (Lipinski definition) is 3. The molecule has 0 aliphatic heterocycles. The van der Waals surface area contributed by atoms with Gasteiger partial charge in [-0.15, -0.1) is 0 Å². The van der Waals surface area contributed by atoms with Crippen LogP contribution >= 0.6 is 0 Å². The quantitative estimate of drug-likeness (QED) is 0.666. The molecule has 0 spiro atoms. The van der Waals surface area contributed by atoms with E-state index in [1.165, 1.54) is 0 Å². The van der Waals surface area contributed by atoms with Crippen LogP contribution in [0.4, 0.5) is 0 Å². The molecule has 0 saturated carbocycles. The summed E-state index contributed by atoms with van der Waals surface area (Å²) < 4.78 is 1.74. The molecule has 0 amide bonds. The summed E-state index contributed by atoms with van der Waals surface area (Å²) in [4.78, 5) is 0. The van der Waals surface area contributed by atoms with Crippen LogP contribution in [-0.2, 0) is 0 Å². The molecule has 0 fully saturated rings. The van der Waals surface area contributed by atoms with Crippen LogP contribution in [0.5, 0.6) is 0 Å². The lowest BCUT2D eigenvalue weighted by Gasteiger charge is -2.06. The molecule has 76 valence electrons. The number of aryl methyl sites for hydroxylation is 1. The zero-order valence-corrected chi connectivity index (χ0v) is 8.33. The maximum Gasteiger partial charge on any atom is 0.488 e. The van der Waals surface area contributed by atoms with E-state index in [4.69, 9.17) is 10.0 Å². The normalized spacial score (nSPS) is 10.3. The lowest BCUT2D eigenvalue weighted by molar-refractivity contribution is 0.425. The maximum absolute atomic E-state index is 9.04. The number of hydrogen-bond donors (Lipinski definition) is 2. The van der Waals surface area contributed by atoms with Crippen LogP contribution in [0.15, 0.2) is 36.5 Å². The van der Waals surface area contributed by atoms with E-state index < -0.39 is 7.12 Å². The standard InChI is InChI=1S/C10H11BN2O2/c1-8-5-6-12-13(8)10-4-2-3-9(7-10)11(14)15/h2-7,14-15H,1H3. The van der Waals surface area contributed by atoms with Crippen LogP contribution in [0, 0.1) is 6.92 Å². The first-order valence-corrected chi connectivity index (χ1v) is 4.65. The molecule has 2 aromatic rings. The summed E-state index contributed by atoms with van der Waals surface area (Å²) >= 11 is 0. The van der Waals surface area contributed by atoms with E-state index >= 15 is 0 Å². The van der Waals surface area contributed by atoms with Gasteiger partial charge in [0, 0.05) is 11.9 Å². The number of rotatable bonds is 2. The van der Waals surface area contributed by atoms with E-state index in [9.17, 15) is 0 Å². The first kappa shape index (κ1) is 9.95. The molecule has 5 heteroatoms. The van der Waals surface area contributed by atoms with E-state index in [0.717, 1.165) is 11.4 Å². The average molecular weight is 202 g/mol. The van der Waals surface area contributed by atoms with E-state index in [1.807, 2.05) is 19.1 Å². The Morgan fingerprint density at radius 2 is 2.07 bits per heavy atom. The van der Waals surface area contributed by atoms with E-state index in [2.05, 4.69) is 5.10 Å². The molecule has 1 aromatic carbocycles. The van der Waals surface area contributed by atoms with Gasteiger partial charge < -0.3 is 10.0 Å². The highest BCUT2D eigenvalue weighted by Gasteiger charge is 2.11. The van der Waals surface area contributed by atoms with Gasteiger partial charge in [-0.25, -0.2) is 4.68 Å². The predicted molar refractivity (Wildman–Crippen MR) is 58.1 cm³/mol. The number of benzene rings is 1. The smallest absolute Gasteiger partial charge is 0.423 e. The molecule has 0 bridgehead atoms. The largest absolute Gasteiger partial charge is 0.488 e. The third kappa shape index (κ3) is 1.93. The Kier molecular flexibility index (Phi) is 2.57. The summed E-state index contributed by atoms with van der Waals surface area (Å²) in [5.74, 6) is 0. The Labute approximate surface area is 87.9 Å². The Bertz CT molecular complexity index is 468. The Morgan fingerprint density at radius 1 is 1.27 bits per heavy atom. The van der Waals surface area contributed by atoms with Crippen molar-refractivity contribution in [2.75, 3.05) is 0 Å². The van der Waals surface area contributed by atoms with Crippen molar-refractivity contribution in [2.45, 2.75) is 6.92 Å². The van der Waals surface area contributed by atoms with Gasteiger partial charge in [0.2, 0.25) is 0 Å². The van der Waals surface area contributed by atoms with Crippen LogP contribution in [0.2, 0.25) is 0 Å². The molecule has 0 atom stereocenters. The SMILES string of the molecule is Cc1ccnn1-c1cccc(B(O)O)c1. The Hall–Kier alpha value is -1.59. The van der Waals surface area contributed by atoms with Crippen LogP contribution < -0.4 is 5.46 Å². The van der Waals surface area contributed by atoms with Crippen molar-refractivity contribution in [2.24, 2.45) is 0 Å². The van der Waals surface area contributed by atoms with Crippen molar-refractivity contribution >= 4 is 12.6 Å². The fourth-order valence-electron chi connectivity index (χ4n) is 1.46. The molecule has 1 heterocycles. The van der Waals surface area contributed by atoms with E-state index in [-0.39, 0.29) is 0 Å². The highest BCUT2D eigenvalue weighted by atomic mass is 16.4. The third-order valence-electron chi connectivity index (χ3n) is 2.24. The van der Waals surface area contributed by atoms with Gasteiger partial charge in [-0.1, -0.05) is 12.1 Å². The number of nitrogens with zero attached hydrogens (tertiary/aromatic N) is 2. The predicted octanol–water partition coefficient (Wildman–Crippen LogP) is -0.139. The summed E-state index contributed by atoms with van der Waals surface area (Å²) in [7, 11) is -1.44. The van der Waals surface area contributed by atoms with E-state index in [0.29, 0.717) is 5.46 Å². The van der Waals surface area contributed by atoms with Crippen LogP contribution in [0.1, 0.15) is 5.69 Å². The molecule has 2 rings (SSSR count). The molecule has 0 aliphatic rings. The fraction of sp³-hybridized carbons (Fsp3) is 0.100. The second-order valence-electron chi connectivity index (χ2n) is 3.35. The molecule has 0 aliphatic carbocycles. The van der Waals surface area contributed by atoms with E-state index in [1.54, 1.807) is 29.1 Å². The van der Waals surface area contributed by atoms with Crippen LogP contribution in [0.3, 0.4) is 0 Å². The maximum atomic E-state index is 9.04. The van der Waals surface area contributed by atoms with Gasteiger partial charge in [-0.05, 0) is 30.6 Å². The van der Waals surface area contributed by atoms with Gasteiger partial charge in [-0.3, -0.25) is 0 Å². The van der Waals surface area contributed by atoms with Gasteiger partial charge in [0.1, 0.15) is 0 Å². The molecule has 0 radical (unpaired) electrons. The second-order valence-corrected chi connectivity index (χ2v) is 3.35. The first-order valence-electron chi connectivity index (χ1n) is 4.65. The second kappa shape index (κ2) is 3.88. The molecule has 15 heavy (non-hydrogen) atoms. The minimum Gasteiger partial charge on any atom is -0.423 e. The minimum absolute atomic E-state index is 0.461. The summed E-state index contributed by atoms with van der Waals surface area (Å²) in [5, 5.41) is 22.2. The molecular formula is C10H11BN2O2.